The van der Waals surface area contributed by atoms with Crippen molar-refractivity contribution in [2.24, 2.45) is 0 Å². The summed E-state index contributed by atoms with van der Waals surface area (Å²) in [5, 5.41) is 10.9. The highest BCUT2D eigenvalue weighted by Crippen LogP contribution is 2.31. The number of imidazole rings is 1. The zero-order valence-corrected chi connectivity index (χ0v) is 19.8. The van der Waals surface area contributed by atoms with Crippen LogP contribution in [-0.2, 0) is 6.54 Å². The van der Waals surface area contributed by atoms with Gasteiger partial charge in [0.15, 0.2) is 17.2 Å². The van der Waals surface area contributed by atoms with Crippen LogP contribution in [-0.4, -0.2) is 41.7 Å². The van der Waals surface area contributed by atoms with Crippen molar-refractivity contribution in [3.63, 3.8) is 0 Å². The summed E-state index contributed by atoms with van der Waals surface area (Å²) in [6, 6.07) is 12.8. The Morgan fingerprint density at radius 1 is 1.00 bits per heavy atom. The van der Waals surface area contributed by atoms with E-state index < -0.39 is 0 Å². The molecule has 6 rings (SSSR count). The zero-order chi connectivity index (χ0) is 24.6. The first-order chi connectivity index (χ1) is 17.6. The molecule has 1 aromatic carbocycles. The molecule has 3 N–H and O–H groups in total. The van der Waals surface area contributed by atoms with Crippen LogP contribution in [0.5, 0.6) is 0 Å². The van der Waals surface area contributed by atoms with E-state index in [1.165, 1.54) is 12.1 Å². The molecule has 0 unspecified atom stereocenters. The molecule has 0 aliphatic carbocycles. The third-order valence-corrected chi connectivity index (χ3v) is 6.05. The normalized spacial score (nSPS) is 11.5. The highest BCUT2D eigenvalue weighted by Gasteiger charge is 2.18. The second kappa shape index (κ2) is 8.94. The summed E-state index contributed by atoms with van der Waals surface area (Å²) in [7, 11) is 0. The number of rotatable bonds is 6. The smallest absolute Gasteiger partial charge is 0.178 e. The van der Waals surface area contributed by atoms with E-state index in [1.54, 1.807) is 6.20 Å². The number of nitrogens with one attached hydrogen (secondary N) is 3. The summed E-state index contributed by atoms with van der Waals surface area (Å²) in [6.07, 6.45) is 5.34. The molecule has 0 bridgehead atoms. The molecule has 0 saturated carbocycles. The summed E-state index contributed by atoms with van der Waals surface area (Å²) >= 11 is 0. The van der Waals surface area contributed by atoms with Gasteiger partial charge < -0.3 is 10.3 Å². The van der Waals surface area contributed by atoms with Crippen molar-refractivity contribution in [2.45, 2.75) is 20.4 Å². The van der Waals surface area contributed by atoms with Crippen LogP contribution in [0, 0.1) is 12.7 Å². The quantitative estimate of drug-likeness (QED) is 0.304. The number of halogens is 1. The van der Waals surface area contributed by atoms with Crippen LogP contribution in [0.3, 0.4) is 0 Å². The monoisotopic (exact) mass is 478 g/mol. The summed E-state index contributed by atoms with van der Waals surface area (Å²) in [6.45, 7) is 5.58. The number of hydrogen-bond donors (Lipinski definition) is 3. The van der Waals surface area contributed by atoms with Gasteiger partial charge in [-0.25, -0.2) is 19.3 Å². The molecule has 0 atom stereocenters. The summed E-state index contributed by atoms with van der Waals surface area (Å²) in [5.41, 5.74) is 8.53. The Bertz CT molecular complexity index is 1700. The number of fused-ring (bicyclic) bond motifs is 2. The lowest BCUT2D eigenvalue weighted by atomic mass is 10.0. The van der Waals surface area contributed by atoms with Gasteiger partial charge in [-0.1, -0.05) is 13.0 Å². The molecule has 0 saturated heterocycles. The number of H-pyrrole nitrogens is 2. The van der Waals surface area contributed by atoms with Crippen LogP contribution in [0.2, 0.25) is 0 Å². The number of benzene rings is 1. The first-order valence-corrected chi connectivity index (χ1v) is 11.7. The predicted molar refractivity (Wildman–Crippen MR) is 138 cm³/mol. The fourth-order valence-corrected chi connectivity index (χ4v) is 4.37. The maximum atomic E-state index is 14.1. The molecular weight excluding hydrogens is 455 g/mol. The van der Waals surface area contributed by atoms with Crippen LogP contribution in [0.4, 0.5) is 4.39 Å². The van der Waals surface area contributed by atoms with E-state index in [9.17, 15) is 4.39 Å². The third kappa shape index (κ3) is 3.99. The van der Waals surface area contributed by atoms with Gasteiger partial charge in [-0.15, -0.1) is 0 Å². The molecule has 0 spiro atoms. The van der Waals surface area contributed by atoms with E-state index in [0.717, 1.165) is 52.1 Å². The van der Waals surface area contributed by atoms with Crippen LogP contribution in [0.1, 0.15) is 18.1 Å². The highest BCUT2D eigenvalue weighted by molar-refractivity contribution is 5.95. The van der Waals surface area contributed by atoms with Gasteiger partial charge in [-0.3, -0.25) is 10.1 Å². The molecule has 0 aliphatic rings. The molecule has 0 radical (unpaired) electrons. The van der Waals surface area contributed by atoms with Crippen molar-refractivity contribution in [2.75, 3.05) is 6.54 Å². The molecular formula is C27H23FN8. The highest BCUT2D eigenvalue weighted by atomic mass is 19.1. The first kappa shape index (κ1) is 22.0. The van der Waals surface area contributed by atoms with Crippen LogP contribution >= 0.6 is 0 Å². The Hall–Kier alpha value is -4.50. The second-order valence-electron chi connectivity index (χ2n) is 8.69. The van der Waals surface area contributed by atoms with Crippen LogP contribution in [0.15, 0.2) is 61.1 Å². The fourth-order valence-electron chi connectivity index (χ4n) is 4.37. The Morgan fingerprint density at radius 2 is 1.92 bits per heavy atom. The summed E-state index contributed by atoms with van der Waals surface area (Å²) < 4.78 is 14.1. The Labute approximate surface area is 206 Å². The lowest BCUT2D eigenvalue weighted by Gasteiger charge is -2.05. The second-order valence-corrected chi connectivity index (χ2v) is 8.69. The molecule has 178 valence electrons. The number of aromatic nitrogens is 7. The van der Waals surface area contributed by atoms with Crippen molar-refractivity contribution < 1.29 is 4.39 Å². The number of hydrogen-bond acceptors (Lipinski definition) is 6. The summed E-state index contributed by atoms with van der Waals surface area (Å²) in [5.74, 6) is 0.252. The predicted octanol–water partition coefficient (Wildman–Crippen LogP) is 5.18. The molecule has 0 amide bonds. The fraction of sp³-hybridized carbons (Fsp3) is 0.148. The van der Waals surface area contributed by atoms with E-state index in [-0.39, 0.29) is 5.82 Å². The van der Waals surface area contributed by atoms with Crippen molar-refractivity contribution in [1.29, 1.82) is 0 Å². The molecule has 8 nitrogen and oxygen atoms in total. The number of aryl methyl sites for hydroxylation is 1. The van der Waals surface area contributed by atoms with E-state index in [0.29, 0.717) is 28.2 Å². The van der Waals surface area contributed by atoms with Crippen LogP contribution < -0.4 is 5.32 Å². The number of aromatic amines is 2. The Morgan fingerprint density at radius 3 is 2.78 bits per heavy atom. The van der Waals surface area contributed by atoms with Crippen molar-refractivity contribution in [1.82, 2.24) is 40.4 Å². The topological polar surface area (TPSA) is 108 Å². The van der Waals surface area contributed by atoms with Crippen LogP contribution in [0.25, 0.3) is 56.1 Å². The minimum atomic E-state index is -0.284. The van der Waals surface area contributed by atoms with E-state index >= 15 is 0 Å². The van der Waals surface area contributed by atoms with Gasteiger partial charge in [0.25, 0.3) is 0 Å². The van der Waals surface area contributed by atoms with Crippen molar-refractivity contribution in [3.8, 4) is 33.9 Å². The molecule has 5 heterocycles. The van der Waals surface area contributed by atoms with Crippen molar-refractivity contribution >= 4 is 22.2 Å². The molecule has 5 aromatic heterocycles. The number of pyridine rings is 3. The van der Waals surface area contributed by atoms with E-state index in [2.05, 4.69) is 48.4 Å². The average molecular weight is 479 g/mol. The Kier molecular flexibility index (Phi) is 5.46. The molecule has 9 heteroatoms. The lowest BCUT2D eigenvalue weighted by Crippen LogP contribution is -2.11. The first-order valence-electron chi connectivity index (χ1n) is 11.7. The summed E-state index contributed by atoms with van der Waals surface area (Å²) in [4.78, 5) is 21.7. The maximum Gasteiger partial charge on any atom is 0.178 e. The molecule has 0 fully saturated rings. The van der Waals surface area contributed by atoms with E-state index in [1.807, 2.05) is 43.6 Å². The van der Waals surface area contributed by atoms with Gasteiger partial charge in [0, 0.05) is 36.3 Å². The van der Waals surface area contributed by atoms with Gasteiger partial charge in [-0.2, -0.15) is 5.10 Å². The molecule has 6 aromatic rings. The lowest BCUT2D eigenvalue weighted by molar-refractivity contribution is 0.627. The van der Waals surface area contributed by atoms with Gasteiger partial charge in [-0.05, 0) is 66.6 Å². The van der Waals surface area contributed by atoms with Gasteiger partial charge in [0.05, 0.1) is 16.7 Å². The van der Waals surface area contributed by atoms with Gasteiger partial charge >= 0.3 is 0 Å². The largest absolute Gasteiger partial charge is 0.335 e. The van der Waals surface area contributed by atoms with Gasteiger partial charge in [0.1, 0.15) is 11.3 Å². The standard InChI is InChI=1S/C27H23FN8/c1-3-29-12-16-10-18(14-30-13-16)21-4-5-22-24(32-21)25(36-35-22)27-33-23-20(6-7-31-26(23)34-27)17-8-15(2)9-19(28)11-17/h4-11,13-14,29H,3,12H2,1-2H3,(H,35,36)(H,31,33,34). The van der Waals surface area contributed by atoms with E-state index in [4.69, 9.17) is 4.98 Å². The Balaban J connectivity index is 1.44. The minimum Gasteiger partial charge on any atom is -0.335 e. The minimum absolute atomic E-state index is 0.284. The molecule has 36 heavy (non-hydrogen) atoms. The van der Waals surface area contributed by atoms with Gasteiger partial charge in [0.2, 0.25) is 0 Å². The number of nitrogens with zero attached hydrogens (tertiary/aromatic N) is 5. The zero-order valence-electron chi connectivity index (χ0n) is 19.8. The molecule has 0 aliphatic heterocycles. The maximum absolute atomic E-state index is 14.1. The third-order valence-electron chi connectivity index (χ3n) is 6.05. The van der Waals surface area contributed by atoms with Crippen molar-refractivity contribution in [3.05, 3.63) is 78.0 Å². The SMILES string of the molecule is CCNCc1cncc(-c2ccc3[nH]nc(-c4nc5nccc(-c6cc(C)cc(F)c6)c5[nH]4)c3n2)c1. The average Bonchev–Trinajstić information content (AvgIpc) is 3.50.